The van der Waals surface area contributed by atoms with Crippen molar-refractivity contribution in [1.29, 1.82) is 0 Å². The molecule has 10 heteroatoms. The Hall–Kier alpha value is -0.940. The van der Waals surface area contributed by atoms with Crippen molar-refractivity contribution in [3.8, 4) is 0 Å². The number of alkyl halides is 3. The second-order valence-corrected chi connectivity index (χ2v) is 6.83. The Kier molecular flexibility index (Phi) is 12.3. The molecule has 0 spiro atoms. The minimum Gasteiger partial charge on any atom is -0.444 e. The van der Waals surface area contributed by atoms with E-state index in [9.17, 15) is 18.0 Å². The quantitative estimate of drug-likeness (QED) is 0.285. The van der Waals surface area contributed by atoms with E-state index >= 15 is 0 Å². The van der Waals surface area contributed by atoms with Gasteiger partial charge in [0.05, 0.1) is 12.0 Å². The lowest BCUT2D eigenvalue weighted by atomic mass is 9.93. The monoisotopic (exact) mass is 496 g/mol. The SMILES string of the molecule is CCC(CC)(CNC(=NC)NCCC(F)(F)F)NC(=O)OC(C)(C)C.I. The van der Waals surface area contributed by atoms with Crippen LogP contribution >= 0.6 is 24.0 Å². The maximum absolute atomic E-state index is 12.2. The molecule has 0 bridgehead atoms. The molecule has 0 heterocycles. The Morgan fingerprint density at radius 1 is 1.08 bits per heavy atom. The second kappa shape index (κ2) is 11.7. The number of guanidine groups is 1. The van der Waals surface area contributed by atoms with E-state index in [0.29, 0.717) is 19.4 Å². The molecule has 1 amide bonds. The van der Waals surface area contributed by atoms with Crippen molar-refractivity contribution in [3.05, 3.63) is 0 Å². The van der Waals surface area contributed by atoms with Crippen LogP contribution in [0.2, 0.25) is 0 Å². The lowest BCUT2D eigenvalue weighted by Gasteiger charge is -2.34. The van der Waals surface area contributed by atoms with Gasteiger partial charge in [0.1, 0.15) is 5.60 Å². The fourth-order valence-corrected chi connectivity index (χ4v) is 2.04. The standard InChI is InChI=1S/C16H31F3N4O2.HI/c1-7-15(8-2,23-13(24)25-14(3,4)5)11-22-12(20-6)21-10-9-16(17,18)19;/h7-11H2,1-6H3,(H,23,24)(H2,20,21,22);1H. The Balaban J connectivity index is 0. The molecule has 3 N–H and O–H groups in total. The van der Waals surface area contributed by atoms with Gasteiger partial charge in [-0.2, -0.15) is 13.2 Å². The first-order valence-electron chi connectivity index (χ1n) is 8.39. The maximum atomic E-state index is 12.2. The molecule has 0 aliphatic carbocycles. The number of hydrogen-bond acceptors (Lipinski definition) is 3. The minimum absolute atomic E-state index is 0. The fraction of sp³-hybridized carbons (Fsp3) is 0.875. The molecule has 0 rings (SSSR count). The van der Waals surface area contributed by atoms with Gasteiger partial charge in [0, 0.05) is 20.1 Å². The maximum Gasteiger partial charge on any atom is 0.408 e. The van der Waals surface area contributed by atoms with Gasteiger partial charge in [0.15, 0.2) is 5.96 Å². The fourth-order valence-electron chi connectivity index (χ4n) is 2.04. The average molecular weight is 496 g/mol. The summed E-state index contributed by atoms with van der Waals surface area (Å²) >= 11 is 0. The van der Waals surface area contributed by atoms with E-state index in [1.165, 1.54) is 7.05 Å². The number of alkyl carbamates (subject to hydrolysis) is 1. The average Bonchev–Trinajstić information content (AvgIpc) is 2.46. The first kappa shape index (κ1) is 27.3. The van der Waals surface area contributed by atoms with Crippen molar-refractivity contribution >= 4 is 36.0 Å². The van der Waals surface area contributed by atoms with Gasteiger partial charge >= 0.3 is 12.3 Å². The zero-order valence-corrected chi connectivity index (χ0v) is 18.7. The normalized spacial score (nSPS) is 12.9. The highest BCUT2D eigenvalue weighted by Crippen LogP contribution is 2.18. The Morgan fingerprint density at radius 3 is 2.00 bits per heavy atom. The third kappa shape index (κ3) is 12.4. The number of hydrogen-bond donors (Lipinski definition) is 3. The van der Waals surface area contributed by atoms with Crippen molar-refractivity contribution in [2.75, 3.05) is 20.1 Å². The topological polar surface area (TPSA) is 74.8 Å². The zero-order chi connectivity index (χ0) is 19.7. The Morgan fingerprint density at radius 2 is 1.62 bits per heavy atom. The van der Waals surface area contributed by atoms with Crippen LogP contribution in [0, 0.1) is 0 Å². The van der Waals surface area contributed by atoms with E-state index in [4.69, 9.17) is 4.74 Å². The molecule has 156 valence electrons. The van der Waals surface area contributed by atoms with Gasteiger partial charge < -0.3 is 20.7 Å². The Labute approximate surface area is 171 Å². The summed E-state index contributed by atoms with van der Waals surface area (Å²) in [4.78, 5) is 16.0. The number of rotatable bonds is 7. The molecule has 0 fully saturated rings. The molecule has 6 nitrogen and oxygen atoms in total. The number of nitrogens with zero attached hydrogens (tertiary/aromatic N) is 1. The molecule has 0 aromatic heterocycles. The molecule has 0 saturated carbocycles. The summed E-state index contributed by atoms with van der Waals surface area (Å²) in [6, 6.07) is 0. The van der Waals surface area contributed by atoms with Gasteiger partial charge in [-0.05, 0) is 33.6 Å². The number of carbonyl (C=O) groups is 1. The van der Waals surface area contributed by atoms with Crippen molar-refractivity contribution in [2.24, 2.45) is 4.99 Å². The molecule has 26 heavy (non-hydrogen) atoms. The number of amides is 1. The van der Waals surface area contributed by atoms with Crippen molar-refractivity contribution in [3.63, 3.8) is 0 Å². The van der Waals surface area contributed by atoms with E-state index in [2.05, 4.69) is 20.9 Å². The molecule has 0 atom stereocenters. The summed E-state index contributed by atoms with van der Waals surface area (Å²) in [6.07, 6.45) is -4.46. The summed E-state index contributed by atoms with van der Waals surface area (Å²) in [5.74, 6) is 0.251. The van der Waals surface area contributed by atoms with Gasteiger partial charge in [0.2, 0.25) is 0 Å². The summed E-state index contributed by atoms with van der Waals surface area (Å²) in [6.45, 7) is 9.20. The molecular formula is C16H32F3IN4O2. The number of halogens is 4. The van der Waals surface area contributed by atoms with Crippen LogP contribution in [0.25, 0.3) is 0 Å². The van der Waals surface area contributed by atoms with Gasteiger partial charge in [0.25, 0.3) is 0 Å². The summed E-state index contributed by atoms with van der Waals surface area (Å²) in [5, 5.41) is 8.44. The zero-order valence-electron chi connectivity index (χ0n) is 16.3. The van der Waals surface area contributed by atoms with Crippen LogP contribution in [0.5, 0.6) is 0 Å². The molecular weight excluding hydrogens is 464 g/mol. The van der Waals surface area contributed by atoms with E-state index in [-0.39, 0.29) is 36.5 Å². The van der Waals surface area contributed by atoms with Gasteiger partial charge in [-0.25, -0.2) is 4.79 Å². The van der Waals surface area contributed by atoms with Crippen molar-refractivity contribution in [2.45, 2.75) is 71.2 Å². The molecule has 0 radical (unpaired) electrons. The van der Waals surface area contributed by atoms with Crippen LogP contribution < -0.4 is 16.0 Å². The molecule has 0 unspecified atom stereocenters. The van der Waals surface area contributed by atoms with E-state index < -0.39 is 29.8 Å². The van der Waals surface area contributed by atoms with E-state index in [1.807, 2.05) is 13.8 Å². The third-order valence-corrected chi connectivity index (χ3v) is 3.64. The summed E-state index contributed by atoms with van der Waals surface area (Å²) < 4.78 is 41.9. The highest BCUT2D eigenvalue weighted by Gasteiger charge is 2.31. The van der Waals surface area contributed by atoms with Crippen LogP contribution in [0.1, 0.15) is 53.9 Å². The number of aliphatic imine (C=N–C) groups is 1. The van der Waals surface area contributed by atoms with Crippen LogP contribution in [-0.4, -0.2) is 49.5 Å². The lowest BCUT2D eigenvalue weighted by Crippen LogP contribution is -2.57. The van der Waals surface area contributed by atoms with Crippen LogP contribution in [0.4, 0.5) is 18.0 Å². The van der Waals surface area contributed by atoms with Crippen molar-refractivity contribution in [1.82, 2.24) is 16.0 Å². The first-order valence-corrected chi connectivity index (χ1v) is 8.39. The molecule has 0 aliphatic heterocycles. The van der Waals surface area contributed by atoms with E-state index in [0.717, 1.165) is 0 Å². The third-order valence-electron chi connectivity index (χ3n) is 3.64. The second-order valence-electron chi connectivity index (χ2n) is 6.83. The predicted octanol–water partition coefficient (Wildman–Crippen LogP) is 3.81. The minimum atomic E-state index is -4.22. The largest absolute Gasteiger partial charge is 0.444 e. The van der Waals surface area contributed by atoms with Crippen LogP contribution in [0.3, 0.4) is 0 Å². The summed E-state index contributed by atoms with van der Waals surface area (Å²) in [7, 11) is 1.48. The Bertz CT molecular complexity index is 448. The molecule has 0 aromatic rings. The molecule has 0 aromatic carbocycles. The van der Waals surface area contributed by atoms with Gasteiger partial charge in [-0.1, -0.05) is 13.8 Å². The first-order chi connectivity index (χ1) is 11.4. The van der Waals surface area contributed by atoms with Gasteiger partial charge in [-0.3, -0.25) is 4.99 Å². The smallest absolute Gasteiger partial charge is 0.408 e. The van der Waals surface area contributed by atoms with Crippen LogP contribution in [0.15, 0.2) is 4.99 Å². The number of ether oxygens (including phenoxy) is 1. The molecule has 0 aliphatic rings. The van der Waals surface area contributed by atoms with E-state index in [1.54, 1.807) is 20.8 Å². The number of nitrogens with one attached hydrogen (secondary N) is 3. The predicted molar refractivity (Wildman–Crippen MR) is 108 cm³/mol. The molecule has 0 saturated heterocycles. The summed E-state index contributed by atoms with van der Waals surface area (Å²) in [5.41, 5.74) is -1.20. The highest BCUT2D eigenvalue weighted by molar-refractivity contribution is 14.0. The van der Waals surface area contributed by atoms with Gasteiger partial charge in [-0.15, -0.1) is 24.0 Å². The lowest BCUT2D eigenvalue weighted by molar-refractivity contribution is -0.132. The van der Waals surface area contributed by atoms with Crippen LogP contribution in [-0.2, 0) is 4.74 Å². The van der Waals surface area contributed by atoms with Crippen molar-refractivity contribution < 1.29 is 22.7 Å². The highest BCUT2D eigenvalue weighted by atomic mass is 127. The number of carbonyl (C=O) groups excluding carboxylic acids is 1.